The van der Waals surface area contributed by atoms with Gasteiger partial charge in [-0.05, 0) is 30.7 Å². The Morgan fingerprint density at radius 1 is 1.39 bits per heavy atom. The molecule has 2 rings (SSSR count). The zero-order valence-corrected chi connectivity index (χ0v) is 10.2. The SMILES string of the molecule is Cc1cc(C(=O)Nc2cncc(Cl)n2)ccc1F. The van der Waals surface area contributed by atoms with Crippen molar-refractivity contribution in [2.75, 3.05) is 5.32 Å². The quantitative estimate of drug-likeness (QED) is 0.908. The Labute approximate surface area is 108 Å². The van der Waals surface area contributed by atoms with Crippen LogP contribution in [-0.2, 0) is 0 Å². The van der Waals surface area contributed by atoms with Crippen LogP contribution in [0.3, 0.4) is 0 Å². The minimum absolute atomic E-state index is 0.183. The van der Waals surface area contributed by atoms with E-state index in [1.54, 1.807) is 6.92 Å². The number of carbonyl (C=O) groups is 1. The van der Waals surface area contributed by atoms with Crippen molar-refractivity contribution in [2.24, 2.45) is 0 Å². The molecule has 0 aliphatic carbocycles. The molecular weight excluding hydrogens is 257 g/mol. The number of nitrogens with one attached hydrogen (secondary N) is 1. The zero-order valence-electron chi connectivity index (χ0n) is 9.45. The van der Waals surface area contributed by atoms with Gasteiger partial charge in [0, 0.05) is 5.56 Å². The number of aryl methyl sites for hydroxylation is 1. The third-order valence-electron chi connectivity index (χ3n) is 2.27. The molecule has 1 amide bonds. The summed E-state index contributed by atoms with van der Waals surface area (Å²) in [4.78, 5) is 19.5. The maximum Gasteiger partial charge on any atom is 0.256 e. The third kappa shape index (κ3) is 2.81. The van der Waals surface area contributed by atoms with Crippen LogP contribution in [0, 0.1) is 12.7 Å². The van der Waals surface area contributed by atoms with Crippen LogP contribution in [0.2, 0.25) is 5.15 Å². The summed E-state index contributed by atoms with van der Waals surface area (Å²) >= 11 is 5.65. The fourth-order valence-electron chi connectivity index (χ4n) is 1.38. The van der Waals surface area contributed by atoms with Crippen molar-refractivity contribution in [1.29, 1.82) is 0 Å². The molecule has 0 radical (unpaired) electrons. The van der Waals surface area contributed by atoms with Crippen LogP contribution < -0.4 is 5.32 Å². The van der Waals surface area contributed by atoms with E-state index >= 15 is 0 Å². The molecule has 0 aliphatic heterocycles. The second-order valence-corrected chi connectivity index (χ2v) is 4.03. The van der Waals surface area contributed by atoms with Gasteiger partial charge in [-0.25, -0.2) is 9.37 Å². The number of benzene rings is 1. The van der Waals surface area contributed by atoms with Crippen LogP contribution in [0.25, 0.3) is 0 Å². The predicted octanol–water partition coefficient (Wildman–Crippen LogP) is 2.83. The smallest absolute Gasteiger partial charge is 0.256 e. The van der Waals surface area contributed by atoms with Crippen molar-refractivity contribution in [3.8, 4) is 0 Å². The number of anilines is 1. The average molecular weight is 266 g/mol. The van der Waals surface area contributed by atoms with Gasteiger partial charge in [0.05, 0.1) is 12.4 Å². The lowest BCUT2D eigenvalue weighted by Gasteiger charge is -2.05. The van der Waals surface area contributed by atoms with Gasteiger partial charge in [-0.2, -0.15) is 0 Å². The molecule has 92 valence electrons. The molecule has 0 saturated heterocycles. The van der Waals surface area contributed by atoms with Gasteiger partial charge in [0.1, 0.15) is 11.0 Å². The van der Waals surface area contributed by atoms with E-state index in [4.69, 9.17) is 11.6 Å². The van der Waals surface area contributed by atoms with Gasteiger partial charge >= 0.3 is 0 Å². The maximum atomic E-state index is 13.1. The summed E-state index contributed by atoms with van der Waals surface area (Å²) in [6.45, 7) is 1.59. The van der Waals surface area contributed by atoms with Gasteiger partial charge in [0.2, 0.25) is 0 Å². The fraction of sp³-hybridized carbons (Fsp3) is 0.0833. The number of nitrogens with zero attached hydrogens (tertiary/aromatic N) is 2. The zero-order chi connectivity index (χ0) is 13.1. The number of rotatable bonds is 2. The highest BCUT2D eigenvalue weighted by atomic mass is 35.5. The van der Waals surface area contributed by atoms with Gasteiger partial charge in [-0.3, -0.25) is 9.78 Å². The Morgan fingerprint density at radius 3 is 2.83 bits per heavy atom. The minimum Gasteiger partial charge on any atom is -0.305 e. The Hall–Kier alpha value is -2.01. The lowest BCUT2D eigenvalue weighted by Crippen LogP contribution is -2.13. The number of carbonyl (C=O) groups excluding carboxylic acids is 1. The first-order valence-corrected chi connectivity index (χ1v) is 5.49. The Bertz CT molecular complexity index is 604. The predicted molar refractivity (Wildman–Crippen MR) is 66.1 cm³/mol. The Balaban J connectivity index is 2.19. The van der Waals surface area contributed by atoms with Gasteiger partial charge in [0.25, 0.3) is 5.91 Å². The van der Waals surface area contributed by atoms with Crippen molar-refractivity contribution in [1.82, 2.24) is 9.97 Å². The van der Waals surface area contributed by atoms with Crippen LogP contribution in [0.5, 0.6) is 0 Å². The van der Waals surface area contributed by atoms with E-state index < -0.39 is 5.91 Å². The third-order valence-corrected chi connectivity index (χ3v) is 2.45. The summed E-state index contributed by atoms with van der Waals surface area (Å²) in [6.07, 6.45) is 2.74. The Morgan fingerprint density at radius 2 is 2.17 bits per heavy atom. The molecule has 1 heterocycles. The van der Waals surface area contributed by atoms with Crippen molar-refractivity contribution in [3.63, 3.8) is 0 Å². The van der Waals surface area contributed by atoms with E-state index in [0.717, 1.165) is 0 Å². The molecule has 0 aliphatic rings. The normalized spacial score (nSPS) is 10.2. The van der Waals surface area contributed by atoms with Crippen LogP contribution in [0.1, 0.15) is 15.9 Å². The van der Waals surface area contributed by atoms with E-state index in [1.807, 2.05) is 0 Å². The van der Waals surface area contributed by atoms with Crippen LogP contribution >= 0.6 is 11.6 Å². The van der Waals surface area contributed by atoms with Gasteiger partial charge in [-0.1, -0.05) is 11.6 Å². The van der Waals surface area contributed by atoms with Crippen molar-refractivity contribution in [3.05, 3.63) is 52.7 Å². The molecular formula is C12H9ClFN3O. The Kier molecular flexibility index (Phi) is 3.53. The highest BCUT2D eigenvalue weighted by molar-refractivity contribution is 6.29. The number of hydrogen-bond acceptors (Lipinski definition) is 3. The first-order valence-electron chi connectivity index (χ1n) is 5.11. The van der Waals surface area contributed by atoms with Crippen LogP contribution in [0.4, 0.5) is 10.2 Å². The first kappa shape index (κ1) is 12.4. The number of aromatic nitrogens is 2. The van der Waals surface area contributed by atoms with Gasteiger partial charge in [0.15, 0.2) is 5.82 Å². The molecule has 1 aromatic heterocycles. The molecule has 1 N–H and O–H groups in total. The summed E-state index contributed by atoms with van der Waals surface area (Å²) in [5, 5.41) is 2.71. The van der Waals surface area contributed by atoms with E-state index in [-0.39, 0.29) is 16.8 Å². The molecule has 6 heteroatoms. The monoisotopic (exact) mass is 265 g/mol. The molecule has 0 unspecified atom stereocenters. The molecule has 1 aromatic carbocycles. The number of hydrogen-bond donors (Lipinski definition) is 1. The highest BCUT2D eigenvalue weighted by Gasteiger charge is 2.09. The second kappa shape index (κ2) is 5.10. The van der Waals surface area contributed by atoms with E-state index in [0.29, 0.717) is 11.1 Å². The van der Waals surface area contributed by atoms with Crippen molar-refractivity contribution in [2.45, 2.75) is 6.92 Å². The van der Waals surface area contributed by atoms with Crippen molar-refractivity contribution < 1.29 is 9.18 Å². The highest BCUT2D eigenvalue weighted by Crippen LogP contribution is 2.12. The average Bonchev–Trinajstić information content (AvgIpc) is 2.32. The number of amides is 1. The fourth-order valence-corrected chi connectivity index (χ4v) is 1.52. The summed E-state index contributed by atoms with van der Waals surface area (Å²) < 4.78 is 13.1. The molecule has 18 heavy (non-hydrogen) atoms. The minimum atomic E-state index is -0.394. The molecule has 0 bridgehead atoms. The summed E-state index contributed by atoms with van der Waals surface area (Å²) in [7, 11) is 0. The molecule has 0 fully saturated rings. The molecule has 0 spiro atoms. The van der Waals surface area contributed by atoms with Gasteiger partial charge < -0.3 is 5.32 Å². The molecule has 2 aromatic rings. The van der Waals surface area contributed by atoms with E-state index in [9.17, 15) is 9.18 Å². The summed E-state index contributed by atoms with van der Waals surface area (Å²) in [5.41, 5.74) is 0.746. The second-order valence-electron chi connectivity index (χ2n) is 3.65. The topological polar surface area (TPSA) is 54.9 Å². The molecule has 0 atom stereocenters. The lowest BCUT2D eigenvalue weighted by molar-refractivity contribution is 0.102. The molecule has 4 nitrogen and oxygen atoms in total. The maximum absolute atomic E-state index is 13.1. The number of halogens is 2. The van der Waals surface area contributed by atoms with E-state index in [1.165, 1.54) is 30.6 Å². The standard InChI is InChI=1S/C12H9ClFN3O/c1-7-4-8(2-3-9(7)14)12(18)17-11-6-15-5-10(13)16-11/h2-6H,1H3,(H,16,17,18). The summed E-state index contributed by atoms with van der Waals surface area (Å²) in [5.74, 6) is -0.502. The summed E-state index contributed by atoms with van der Waals surface area (Å²) in [6, 6.07) is 4.10. The van der Waals surface area contributed by atoms with Crippen LogP contribution in [0.15, 0.2) is 30.6 Å². The molecule has 0 saturated carbocycles. The largest absolute Gasteiger partial charge is 0.305 e. The van der Waals surface area contributed by atoms with Crippen LogP contribution in [-0.4, -0.2) is 15.9 Å². The lowest BCUT2D eigenvalue weighted by atomic mass is 10.1. The van der Waals surface area contributed by atoms with Gasteiger partial charge in [-0.15, -0.1) is 0 Å². The first-order chi connectivity index (χ1) is 8.56. The van der Waals surface area contributed by atoms with Crippen molar-refractivity contribution >= 4 is 23.3 Å². The van der Waals surface area contributed by atoms with E-state index in [2.05, 4.69) is 15.3 Å².